The van der Waals surface area contributed by atoms with Crippen molar-refractivity contribution in [3.05, 3.63) is 96.6 Å². The average molecular weight is 769 g/mol. The predicted molar refractivity (Wildman–Crippen MR) is 184 cm³/mol. The van der Waals surface area contributed by atoms with Crippen molar-refractivity contribution in [2.45, 2.75) is 9.79 Å². The highest BCUT2D eigenvalue weighted by Crippen LogP contribution is 2.29. The van der Waals surface area contributed by atoms with Crippen LogP contribution in [0.5, 0.6) is 11.5 Å². The molecular formula is C30H23ClF2N4O8S4. The first kappa shape index (κ1) is 37.1. The van der Waals surface area contributed by atoms with E-state index in [0.717, 1.165) is 27.8 Å². The summed E-state index contributed by atoms with van der Waals surface area (Å²) in [4.78, 5) is 30.7. The Morgan fingerprint density at radius 1 is 0.714 bits per heavy atom. The molecule has 0 aliphatic carbocycles. The van der Waals surface area contributed by atoms with Crippen molar-refractivity contribution in [2.24, 2.45) is 0 Å². The van der Waals surface area contributed by atoms with Crippen LogP contribution in [0.4, 0.5) is 28.6 Å². The molecule has 6 rings (SSSR count). The molecule has 0 atom stereocenters. The molecule has 49 heavy (non-hydrogen) atoms. The molecule has 0 bridgehead atoms. The number of fused-ring (bicyclic) bond motifs is 2. The number of hydrogen-bond acceptors (Lipinski definition) is 13. The quantitative estimate of drug-likeness (QED) is 0.168. The Balaban J connectivity index is 0.000000183. The molecule has 256 valence electrons. The van der Waals surface area contributed by atoms with E-state index in [1.165, 1.54) is 84.3 Å². The SMILES string of the molecule is CS(=O)(=O)c1ccc2nc(N)sc2c1.CS(=O)(=O)c1ccc2nc(NC(=O)Oc3ccc(F)cc3)sc2c1.O=C(Cl)Oc1ccc(F)cc1. The summed E-state index contributed by atoms with van der Waals surface area (Å²) < 4.78 is 81.5. The molecule has 0 fully saturated rings. The number of carbonyl (C=O) groups is 2. The average Bonchev–Trinajstić information content (AvgIpc) is 3.59. The Morgan fingerprint density at radius 3 is 1.63 bits per heavy atom. The van der Waals surface area contributed by atoms with E-state index in [-0.39, 0.29) is 27.3 Å². The lowest BCUT2D eigenvalue weighted by Crippen LogP contribution is -2.16. The summed E-state index contributed by atoms with van der Waals surface area (Å²) in [5, 5.41) is 3.17. The lowest BCUT2D eigenvalue weighted by atomic mass is 10.3. The Hall–Kier alpha value is -4.75. The van der Waals surface area contributed by atoms with E-state index >= 15 is 0 Å². The van der Waals surface area contributed by atoms with Crippen LogP contribution in [0.2, 0.25) is 0 Å². The largest absolute Gasteiger partial charge is 0.418 e. The molecule has 0 unspecified atom stereocenters. The zero-order valence-electron chi connectivity index (χ0n) is 25.1. The summed E-state index contributed by atoms with van der Waals surface area (Å²) in [6.07, 6.45) is 1.52. The van der Waals surface area contributed by atoms with Crippen molar-refractivity contribution in [2.75, 3.05) is 23.6 Å². The number of rotatable bonds is 5. The Labute approximate surface area is 290 Å². The monoisotopic (exact) mass is 768 g/mol. The molecule has 19 heteroatoms. The topological polar surface area (TPSA) is 185 Å². The van der Waals surface area contributed by atoms with Crippen molar-refractivity contribution < 1.29 is 44.7 Å². The van der Waals surface area contributed by atoms with E-state index in [1.54, 1.807) is 18.2 Å². The van der Waals surface area contributed by atoms with Gasteiger partial charge in [0, 0.05) is 24.1 Å². The van der Waals surface area contributed by atoms with Gasteiger partial charge in [-0.2, -0.15) is 0 Å². The summed E-state index contributed by atoms with van der Waals surface area (Å²) in [6, 6.07) is 19.3. The number of amides is 1. The number of halogens is 3. The zero-order valence-corrected chi connectivity index (χ0v) is 29.1. The van der Waals surface area contributed by atoms with Crippen molar-refractivity contribution >= 4 is 96.2 Å². The van der Waals surface area contributed by atoms with Crippen LogP contribution >= 0.6 is 34.3 Å². The minimum absolute atomic E-state index is 0.180. The molecule has 0 saturated heterocycles. The molecule has 0 aliphatic heterocycles. The summed E-state index contributed by atoms with van der Waals surface area (Å²) in [7, 11) is -6.46. The van der Waals surface area contributed by atoms with Gasteiger partial charge < -0.3 is 15.2 Å². The van der Waals surface area contributed by atoms with Crippen LogP contribution in [0.3, 0.4) is 0 Å². The van der Waals surface area contributed by atoms with Gasteiger partial charge in [0.15, 0.2) is 29.9 Å². The number of nitrogen functional groups attached to an aromatic ring is 1. The number of ether oxygens (including phenoxy) is 2. The van der Waals surface area contributed by atoms with Crippen molar-refractivity contribution in [3.8, 4) is 11.5 Å². The summed E-state index contributed by atoms with van der Waals surface area (Å²) in [5.74, 6) is -0.407. The maximum atomic E-state index is 12.8. The standard InChI is InChI=1S/C15H11FN2O4S2.C8H8N2O2S2.C7H4ClFO2/c1-24(20,21)11-6-7-12-13(8-11)23-14(17-12)18-15(19)22-10-4-2-9(16)3-5-10;1-14(11,12)5-2-3-6-7(4-5)13-8(9)10-6;8-7(10)11-6-3-1-5(9)2-4-6/h2-8H,1H3,(H,17,18,19);2-4H,1H3,(H2,9,10);1-4H. The first-order valence-electron chi connectivity index (χ1n) is 13.3. The molecule has 0 aliphatic rings. The van der Waals surface area contributed by atoms with E-state index in [1.807, 2.05) is 0 Å². The Kier molecular flexibility index (Phi) is 11.8. The third-order valence-electron chi connectivity index (χ3n) is 5.84. The van der Waals surface area contributed by atoms with Crippen LogP contribution in [0, 0.1) is 11.6 Å². The number of sulfone groups is 2. The van der Waals surface area contributed by atoms with E-state index < -0.39 is 37.0 Å². The molecule has 3 N–H and O–H groups in total. The molecule has 2 aromatic heterocycles. The van der Waals surface area contributed by atoms with Gasteiger partial charge in [-0.25, -0.2) is 45.2 Å². The fourth-order valence-electron chi connectivity index (χ4n) is 3.66. The lowest BCUT2D eigenvalue weighted by Gasteiger charge is -2.03. The molecular weight excluding hydrogens is 746 g/mol. The summed E-state index contributed by atoms with van der Waals surface area (Å²) >= 11 is 7.30. The first-order valence-corrected chi connectivity index (χ1v) is 19.1. The molecule has 0 spiro atoms. The number of nitrogens with zero attached hydrogens (tertiary/aromatic N) is 2. The fourth-order valence-corrected chi connectivity index (χ4v) is 6.86. The number of aromatic nitrogens is 2. The highest BCUT2D eigenvalue weighted by Gasteiger charge is 2.13. The van der Waals surface area contributed by atoms with Crippen LogP contribution in [0.1, 0.15) is 0 Å². The smallest absolute Gasteiger partial charge is 0.414 e. The van der Waals surface area contributed by atoms with Gasteiger partial charge in [0.25, 0.3) is 0 Å². The second-order valence-corrected chi connectivity index (χ2v) is 16.1. The highest BCUT2D eigenvalue weighted by molar-refractivity contribution is 7.91. The van der Waals surface area contributed by atoms with Crippen molar-refractivity contribution in [1.29, 1.82) is 0 Å². The fraction of sp³-hybridized carbons (Fsp3) is 0.0667. The number of hydrogen-bond donors (Lipinski definition) is 2. The lowest BCUT2D eigenvalue weighted by molar-refractivity contribution is 0.215. The number of nitrogens with two attached hydrogens (primary N) is 1. The van der Waals surface area contributed by atoms with Gasteiger partial charge in [0.05, 0.1) is 30.2 Å². The molecule has 1 amide bonds. The Bertz CT molecular complexity index is 2350. The van der Waals surface area contributed by atoms with Crippen molar-refractivity contribution in [1.82, 2.24) is 9.97 Å². The van der Waals surface area contributed by atoms with Gasteiger partial charge in [0.2, 0.25) is 0 Å². The van der Waals surface area contributed by atoms with Gasteiger partial charge in [-0.15, -0.1) is 0 Å². The molecule has 0 radical (unpaired) electrons. The zero-order chi connectivity index (χ0) is 35.9. The molecule has 6 aromatic rings. The van der Waals surface area contributed by atoms with Crippen LogP contribution in [-0.2, 0) is 19.7 Å². The number of nitrogens with one attached hydrogen (secondary N) is 1. The number of benzene rings is 4. The van der Waals surface area contributed by atoms with Crippen LogP contribution < -0.4 is 20.5 Å². The second kappa shape index (κ2) is 15.6. The van der Waals surface area contributed by atoms with E-state index in [2.05, 4.69) is 20.0 Å². The van der Waals surface area contributed by atoms with Crippen LogP contribution in [-0.4, -0.2) is 50.8 Å². The van der Waals surface area contributed by atoms with Gasteiger partial charge >= 0.3 is 11.5 Å². The van der Waals surface area contributed by atoms with E-state index in [4.69, 9.17) is 22.1 Å². The highest BCUT2D eigenvalue weighted by atomic mass is 35.5. The number of thiazole rings is 2. The van der Waals surface area contributed by atoms with Gasteiger partial charge in [0.1, 0.15) is 23.1 Å². The van der Waals surface area contributed by atoms with E-state index in [0.29, 0.717) is 20.2 Å². The third kappa shape index (κ3) is 11.1. The Morgan fingerprint density at radius 2 is 1.16 bits per heavy atom. The molecule has 0 saturated carbocycles. The second-order valence-electron chi connectivity index (χ2n) is 9.64. The molecule has 4 aromatic carbocycles. The predicted octanol–water partition coefficient (Wildman–Crippen LogP) is 7.30. The third-order valence-corrected chi connectivity index (χ3v) is 9.92. The normalized spacial score (nSPS) is 11.1. The maximum Gasteiger partial charge on any atom is 0.418 e. The minimum Gasteiger partial charge on any atom is -0.414 e. The van der Waals surface area contributed by atoms with Crippen LogP contribution in [0.15, 0.2) is 94.7 Å². The van der Waals surface area contributed by atoms with Gasteiger partial charge in [-0.1, -0.05) is 22.7 Å². The number of anilines is 2. The maximum absolute atomic E-state index is 12.8. The molecule has 2 heterocycles. The summed E-state index contributed by atoms with van der Waals surface area (Å²) in [6.45, 7) is 0. The molecule has 12 nitrogen and oxygen atoms in total. The minimum atomic E-state index is -3.32. The van der Waals surface area contributed by atoms with Crippen LogP contribution in [0.25, 0.3) is 20.4 Å². The number of carbonyl (C=O) groups excluding carboxylic acids is 2. The van der Waals surface area contributed by atoms with E-state index in [9.17, 15) is 35.2 Å². The van der Waals surface area contributed by atoms with Crippen molar-refractivity contribution in [3.63, 3.8) is 0 Å². The first-order chi connectivity index (χ1) is 23.0. The van der Waals surface area contributed by atoms with Gasteiger partial charge in [-0.05, 0) is 84.9 Å². The van der Waals surface area contributed by atoms with Gasteiger partial charge in [-0.3, -0.25) is 5.32 Å². The summed E-state index contributed by atoms with van der Waals surface area (Å²) in [5.41, 5.74) is 5.87.